The molecule has 0 aliphatic rings. The number of nitrogens with one attached hydrogen (secondary N) is 1. The van der Waals surface area contributed by atoms with E-state index < -0.39 is 27.5 Å². The summed E-state index contributed by atoms with van der Waals surface area (Å²) in [6.45, 7) is 0. The monoisotopic (exact) mass is 489 g/mol. The number of primary amides is 1. The SMILES string of the molecule is CS(=O)(=O)c1ccc(C(=O)Nc2cccc(-c3ccccn3)c2)c(-c2ccc(C(N)=O)cc2F)c1. The predicted octanol–water partition coefficient (Wildman–Crippen LogP) is 4.31. The molecule has 0 radical (unpaired) electrons. The van der Waals surface area contributed by atoms with Gasteiger partial charge in [0.05, 0.1) is 10.6 Å². The number of halogens is 1. The van der Waals surface area contributed by atoms with Gasteiger partial charge in [-0.15, -0.1) is 0 Å². The molecule has 4 rings (SSSR count). The van der Waals surface area contributed by atoms with Gasteiger partial charge in [-0.2, -0.15) is 0 Å². The van der Waals surface area contributed by atoms with Crippen molar-refractivity contribution >= 4 is 27.3 Å². The second-order valence-electron chi connectivity index (χ2n) is 7.79. The zero-order chi connectivity index (χ0) is 25.2. The van der Waals surface area contributed by atoms with Crippen LogP contribution < -0.4 is 11.1 Å². The third-order valence-electron chi connectivity index (χ3n) is 5.29. The molecule has 9 heteroatoms. The van der Waals surface area contributed by atoms with Gasteiger partial charge in [0.1, 0.15) is 5.82 Å². The van der Waals surface area contributed by atoms with E-state index in [9.17, 15) is 22.4 Å². The largest absolute Gasteiger partial charge is 0.366 e. The van der Waals surface area contributed by atoms with Crippen molar-refractivity contribution in [3.05, 3.63) is 102 Å². The van der Waals surface area contributed by atoms with E-state index >= 15 is 0 Å². The number of nitrogens with two attached hydrogens (primary N) is 1. The van der Waals surface area contributed by atoms with E-state index in [1.807, 2.05) is 18.2 Å². The fourth-order valence-electron chi connectivity index (χ4n) is 3.55. The van der Waals surface area contributed by atoms with E-state index in [2.05, 4.69) is 10.3 Å². The highest BCUT2D eigenvalue weighted by molar-refractivity contribution is 7.90. The lowest BCUT2D eigenvalue weighted by Gasteiger charge is -2.14. The van der Waals surface area contributed by atoms with E-state index in [0.29, 0.717) is 5.69 Å². The average molecular weight is 490 g/mol. The van der Waals surface area contributed by atoms with E-state index in [0.717, 1.165) is 23.6 Å². The van der Waals surface area contributed by atoms with E-state index in [1.165, 1.54) is 30.3 Å². The number of aromatic nitrogens is 1. The number of benzene rings is 3. The van der Waals surface area contributed by atoms with Gasteiger partial charge in [0.25, 0.3) is 5.91 Å². The summed E-state index contributed by atoms with van der Waals surface area (Å²) in [5, 5.41) is 2.77. The number of nitrogens with zero attached hydrogens (tertiary/aromatic N) is 1. The number of sulfone groups is 1. The van der Waals surface area contributed by atoms with Gasteiger partial charge >= 0.3 is 0 Å². The van der Waals surface area contributed by atoms with Crippen LogP contribution >= 0.6 is 0 Å². The normalized spacial score (nSPS) is 11.1. The minimum atomic E-state index is -3.64. The predicted molar refractivity (Wildman–Crippen MR) is 131 cm³/mol. The molecule has 0 fully saturated rings. The maximum Gasteiger partial charge on any atom is 0.256 e. The molecule has 2 amide bonds. The molecule has 1 aromatic heterocycles. The van der Waals surface area contributed by atoms with Crippen LogP contribution in [0, 0.1) is 5.82 Å². The maximum atomic E-state index is 14.9. The number of carbonyl (C=O) groups excluding carboxylic acids is 2. The number of pyridine rings is 1. The van der Waals surface area contributed by atoms with Gasteiger partial charge < -0.3 is 11.1 Å². The molecule has 1 heterocycles. The van der Waals surface area contributed by atoms with Gasteiger partial charge in [-0.05, 0) is 60.2 Å². The standard InChI is InChI=1S/C26H20FN3O4S/c1-35(33,34)19-9-11-21(22(15-19)20-10-8-17(25(28)31)14-23(20)27)26(32)30-18-6-4-5-16(13-18)24-7-2-3-12-29-24/h2-15H,1H3,(H2,28,31)(H,30,32). The van der Waals surface area contributed by atoms with Crippen LogP contribution in [0.25, 0.3) is 22.4 Å². The molecule has 0 saturated carbocycles. The lowest BCUT2D eigenvalue weighted by Crippen LogP contribution is -2.15. The average Bonchev–Trinajstić information content (AvgIpc) is 2.83. The molecule has 0 saturated heterocycles. The lowest BCUT2D eigenvalue weighted by molar-refractivity contribution is 0.0997. The molecule has 176 valence electrons. The van der Waals surface area contributed by atoms with Gasteiger partial charge in [-0.25, -0.2) is 12.8 Å². The van der Waals surface area contributed by atoms with E-state index in [4.69, 9.17) is 5.73 Å². The molecule has 0 atom stereocenters. The molecule has 3 N–H and O–H groups in total. The van der Waals surface area contributed by atoms with Crippen LogP contribution in [0.2, 0.25) is 0 Å². The van der Waals surface area contributed by atoms with Crippen LogP contribution in [0.15, 0.2) is 90.0 Å². The van der Waals surface area contributed by atoms with Crippen molar-refractivity contribution in [3.8, 4) is 22.4 Å². The van der Waals surface area contributed by atoms with Crippen LogP contribution in [0.1, 0.15) is 20.7 Å². The van der Waals surface area contributed by atoms with Gasteiger partial charge in [-0.1, -0.05) is 24.3 Å². The summed E-state index contributed by atoms with van der Waals surface area (Å²) in [6.07, 6.45) is 2.68. The van der Waals surface area contributed by atoms with E-state index in [-0.39, 0.29) is 27.1 Å². The summed E-state index contributed by atoms with van der Waals surface area (Å²) >= 11 is 0. The summed E-state index contributed by atoms with van der Waals surface area (Å²) in [7, 11) is -3.64. The van der Waals surface area contributed by atoms with Gasteiger partial charge in [-0.3, -0.25) is 14.6 Å². The molecule has 0 bridgehead atoms. The highest BCUT2D eigenvalue weighted by Gasteiger charge is 2.20. The summed E-state index contributed by atoms with van der Waals surface area (Å²) in [6, 6.07) is 19.9. The van der Waals surface area contributed by atoms with Crippen LogP contribution in [0.4, 0.5) is 10.1 Å². The summed E-state index contributed by atoms with van der Waals surface area (Å²) in [5.74, 6) is -2.21. The van der Waals surface area contributed by atoms with Crippen LogP contribution in [0.5, 0.6) is 0 Å². The van der Waals surface area contributed by atoms with Crippen molar-refractivity contribution in [1.82, 2.24) is 4.98 Å². The fraction of sp³-hybridized carbons (Fsp3) is 0.0385. The highest BCUT2D eigenvalue weighted by atomic mass is 32.2. The van der Waals surface area contributed by atoms with Gasteiger partial charge in [0.2, 0.25) is 5.91 Å². The number of carbonyl (C=O) groups is 2. The first-order valence-corrected chi connectivity index (χ1v) is 12.3. The first-order chi connectivity index (χ1) is 16.6. The first-order valence-electron chi connectivity index (χ1n) is 10.4. The Hall–Kier alpha value is -4.37. The van der Waals surface area contributed by atoms with Crippen LogP contribution in [0.3, 0.4) is 0 Å². The lowest BCUT2D eigenvalue weighted by atomic mass is 9.97. The highest BCUT2D eigenvalue weighted by Crippen LogP contribution is 2.31. The summed E-state index contributed by atoms with van der Waals surface area (Å²) < 4.78 is 39.2. The van der Waals surface area contributed by atoms with Crippen molar-refractivity contribution in [3.63, 3.8) is 0 Å². The second kappa shape index (κ2) is 9.47. The Kier molecular flexibility index (Phi) is 6.44. The number of hydrogen-bond donors (Lipinski definition) is 2. The Balaban J connectivity index is 1.76. The molecule has 0 aliphatic carbocycles. The Morgan fingerprint density at radius 3 is 2.37 bits per heavy atom. The smallest absolute Gasteiger partial charge is 0.256 e. The minimum absolute atomic E-state index is 0.0476. The summed E-state index contributed by atoms with van der Waals surface area (Å²) in [5.41, 5.74) is 7.19. The quantitative estimate of drug-likeness (QED) is 0.418. The number of anilines is 1. The molecule has 4 aromatic rings. The fourth-order valence-corrected chi connectivity index (χ4v) is 4.20. The number of rotatable bonds is 6. The Morgan fingerprint density at radius 2 is 1.71 bits per heavy atom. The van der Waals surface area contributed by atoms with Gasteiger partial charge in [0.15, 0.2) is 9.84 Å². The molecule has 7 nitrogen and oxygen atoms in total. The molecule has 0 aliphatic heterocycles. The van der Waals surface area contributed by atoms with Gasteiger partial charge in [0, 0.05) is 40.4 Å². The third-order valence-corrected chi connectivity index (χ3v) is 6.40. The molecule has 3 aromatic carbocycles. The third kappa shape index (κ3) is 5.25. The summed E-state index contributed by atoms with van der Waals surface area (Å²) in [4.78, 5) is 28.8. The molecule has 0 unspecified atom stereocenters. The van der Waals surface area contributed by atoms with Crippen molar-refractivity contribution < 1.29 is 22.4 Å². The maximum absolute atomic E-state index is 14.9. The molecule has 0 spiro atoms. The van der Waals surface area contributed by atoms with Crippen molar-refractivity contribution in [2.24, 2.45) is 5.73 Å². The second-order valence-corrected chi connectivity index (χ2v) is 9.80. The Labute approximate surface area is 201 Å². The zero-order valence-electron chi connectivity index (χ0n) is 18.5. The molecular formula is C26H20FN3O4S. The van der Waals surface area contributed by atoms with Crippen LogP contribution in [-0.4, -0.2) is 31.5 Å². The molecular weight excluding hydrogens is 469 g/mol. The van der Waals surface area contributed by atoms with Crippen molar-refractivity contribution in [2.75, 3.05) is 11.6 Å². The minimum Gasteiger partial charge on any atom is -0.366 e. The Morgan fingerprint density at radius 1 is 0.914 bits per heavy atom. The topological polar surface area (TPSA) is 119 Å². The van der Waals surface area contributed by atoms with Crippen LogP contribution in [-0.2, 0) is 9.84 Å². The first kappa shape index (κ1) is 23.8. The number of amides is 2. The number of hydrogen-bond acceptors (Lipinski definition) is 5. The Bertz CT molecular complexity index is 1550. The molecule has 35 heavy (non-hydrogen) atoms. The zero-order valence-corrected chi connectivity index (χ0v) is 19.3. The van der Waals surface area contributed by atoms with Crippen molar-refractivity contribution in [1.29, 1.82) is 0 Å². The van der Waals surface area contributed by atoms with E-state index in [1.54, 1.807) is 30.5 Å². The van der Waals surface area contributed by atoms with Crippen molar-refractivity contribution in [2.45, 2.75) is 4.90 Å².